The van der Waals surface area contributed by atoms with Gasteiger partial charge in [0.25, 0.3) is 0 Å². The Morgan fingerprint density at radius 2 is 1.30 bits per heavy atom. The Kier molecular flexibility index (Phi) is 4.60. The van der Waals surface area contributed by atoms with Crippen molar-refractivity contribution in [2.45, 2.75) is 32.7 Å². The first-order valence-corrected chi connectivity index (χ1v) is 15.5. The second-order valence-electron chi connectivity index (χ2n) is 4.90. The fraction of sp³-hybridized carbons (Fsp3) is 1.00. The zero-order valence-electron chi connectivity index (χ0n) is 8.45. The van der Waals surface area contributed by atoms with Crippen molar-refractivity contribution in [3.8, 4) is 0 Å². The van der Waals surface area contributed by atoms with Gasteiger partial charge < -0.3 is 0 Å². The molecule has 0 unspecified atom stereocenters. The van der Waals surface area contributed by atoms with Gasteiger partial charge in [-0.2, -0.15) is 0 Å². The van der Waals surface area contributed by atoms with Crippen LogP contribution in [0.2, 0.25) is 32.7 Å². The summed E-state index contributed by atoms with van der Waals surface area (Å²) >= 11 is 1.04. The Bertz CT molecular complexity index is 99.9. The Labute approximate surface area is 99.0 Å². The van der Waals surface area contributed by atoms with Crippen molar-refractivity contribution in [1.82, 2.24) is 4.23 Å². The summed E-state index contributed by atoms with van der Waals surface area (Å²) in [6.45, 7) is 12.3. The molecule has 4 heteroatoms. The van der Waals surface area contributed by atoms with E-state index in [2.05, 4.69) is 44.0 Å². The molecule has 0 saturated carbocycles. The van der Waals surface area contributed by atoms with Crippen LogP contribution in [0.5, 0.6) is 0 Å². The Morgan fingerprint density at radius 1 is 1.00 bits per heavy atom. The van der Waals surface area contributed by atoms with E-state index in [4.69, 9.17) is 0 Å². The molecule has 1 nitrogen and oxygen atoms in total. The fourth-order valence-electron chi connectivity index (χ4n) is 1.01. The summed E-state index contributed by atoms with van der Waals surface area (Å²) in [5.74, 6) is 0. The molecule has 0 fully saturated rings. The molecule has 0 atom stereocenters. The van der Waals surface area contributed by atoms with E-state index in [-0.39, 0.29) is 0 Å². The number of nitrogens with zero attached hydrogens (tertiary/aromatic N) is 1. The van der Waals surface area contributed by atoms with Crippen molar-refractivity contribution in [3.63, 3.8) is 0 Å². The van der Waals surface area contributed by atoms with E-state index >= 15 is 0 Å². The second kappa shape index (κ2) is 3.83. The van der Waals surface area contributed by atoms with Gasteiger partial charge in [0.15, 0.2) is 0 Å². The van der Waals surface area contributed by atoms with Crippen LogP contribution in [0.4, 0.5) is 0 Å². The van der Waals surface area contributed by atoms with Crippen molar-refractivity contribution in [2.24, 2.45) is 0 Å². The SMILES string of the molecule is CN([Si](C)(C)C)[Si](C)(C)[K]. The van der Waals surface area contributed by atoms with Crippen LogP contribution in [0.15, 0.2) is 0 Å². The van der Waals surface area contributed by atoms with E-state index in [1.54, 1.807) is 0 Å². The third-order valence-electron chi connectivity index (χ3n) is 2.01. The first kappa shape index (κ1) is 12.0. The van der Waals surface area contributed by atoms with E-state index in [1.807, 2.05) is 0 Å². The van der Waals surface area contributed by atoms with Crippen molar-refractivity contribution in [3.05, 3.63) is 0 Å². The van der Waals surface area contributed by atoms with Crippen LogP contribution < -0.4 is 0 Å². The third kappa shape index (κ3) is 4.16. The van der Waals surface area contributed by atoms with E-state index in [0.717, 1.165) is 47.7 Å². The summed E-state index contributed by atoms with van der Waals surface area (Å²) in [5.41, 5.74) is 0. The molecule has 0 rings (SSSR count). The van der Waals surface area contributed by atoms with Gasteiger partial charge in [0.05, 0.1) is 0 Å². The summed E-state index contributed by atoms with van der Waals surface area (Å²) < 4.78 is 1.92. The molecule has 56 valence electrons. The van der Waals surface area contributed by atoms with Gasteiger partial charge >= 0.3 is 101 Å². The Balaban J connectivity index is 4.23. The molecular weight excluding hydrogens is 181 g/mol. The summed E-state index contributed by atoms with van der Waals surface area (Å²) in [6.07, 6.45) is 0. The van der Waals surface area contributed by atoms with Gasteiger partial charge in [0.1, 0.15) is 0 Å². The normalized spacial score (nSPS) is 14.5. The van der Waals surface area contributed by atoms with Gasteiger partial charge in [-0.3, -0.25) is 0 Å². The van der Waals surface area contributed by atoms with Crippen LogP contribution in [0.25, 0.3) is 0 Å². The van der Waals surface area contributed by atoms with Crippen molar-refractivity contribution < 1.29 is 0 Å². The Hall–Kier alpha value is 2.03. The van der Waals surface area contributed by atoms with Crippen LogP contribution in [-0.2, 0) is 0 Å². The molecule has 0 aromatic heterocycles. The summed E-state index contributed by atoms with van der Waals surface area (Å²) in [7, 11) is 1.38. The van der Waals surface area contributed by atoms with Gasteiger partial charge in [-0.25, -0.2) is 0 Å². The zero-order valence-corrected chi connectivity index (χ0v) is 13.6. The molecule has 0 aliphatic rings. The topological polar surface area (TPSA) is 3.24 Å². The molecule has 0 N–H and O–H groups in total. The van der Waals surface area contributed by atoms with E-state index in [0.29, 0.717) is 0 Å². The van der Waals surface area contributed by atoms with Crippen LogP contribution in [0.1, 0.15) is 0 Å². The molecule has 0 heterocycles. The van der Waals surface area contributed by atoms with Crippen LogP contribution >= 0.6 is 0 Å². The average Bonchev–Trinajstić information content (AvgIpc) is 1.59. The minimum absolute atomic E-state index is 0.813. The van der Waals surface area contributed by atoms with Gasteiger partial charge in [-0.1, -0.05) is 0 Å². The predicted molar refractivity (Wildman–Crippen MR) is 54.3 cm³/mol. The van der Waals surface area contributed by atoms with Crippen LogP contribution in [-0.4, -0.2) is 68.1 Å². The molecule has 10 heavy (non-hydrogen) atoms. The number of hydrogen-bond acceptors (Lipinski definition) is 1. The first-order valence-electron chi connectivity index (χ1n) is 3.89. The Morgan fingerprint density at radius 3 is 1.30 bits per heavy atom. The summed E-state index contributed by atoms with van der Waals surface area (Å²) in [6, 6.07) is 0. The average molecular weight is 199 g/mol. The molecular formula is C6H18KNSi2. The summed E-state index contributed by atoms with van der Waals surface area (Å²) in [5, 5.41) is 0. The molecule has 0 saturated heterocycles. The van der Waals surface area contributed by atoms with E-state index in [9.17, 15) is 0 Å². The predicted octanol–water partition coefficient (Wildman–Crippen LogP) is 1.62. The third-order valence-corrected chi connectivity index (χ3v) is 15.3. The molecule has 0 aromatic rings. The molecule has 0 aromatic carbocycles. The maximum atomic E-state index is 2.74. The first-order chi connectivity index (χ1) is 4.15. The zero-order chi connectivity index (χ0) is 8.58. The molecule has 0 amide bonds. The van der Waals surface area contributed by atoms with E-state index in [1.165, 1.54) is 0 Å². The van der Waals surface area contributed by atoms with Crippen LogP contribution in [0.3, 0.4) is 0 Å². The standard InChI is InChI=1S/C6H18NSi2.K/c1-7(8(2)3)9(4,5)6;/h1-6H3;. The quantitative estimate of drug-likeness (QED) is 0.611. The molecule has 0 radical (unpaired) electrons. The van der Waals surface area contributed by atoms with Crippen molar-refractivity contribution in [2.75, 3.05) is 7.05 Å². The van der Waals surface area contributed by atoms with Crippen LogP contribution in [0, 0.1) is 0 Å². The van der Waals surface area contributed by atoms with Gasteiger partial charge in [-0.15, -0.1) is 0 Å². The molecule has 0 spiro atoms. The molecule has 0 aliphatic heterocycles. The minimum atomic E-state index is -0.954. The molecule has 0 bridgehead atoms. The van der Waals surface area contributed by atoms with E-state index < -0.39 is 9.15 Å². The fourth-order valence-corrected chi connectivity index (χ4v) is 18.5. The van der Waals surface area contributed by atoms with Gasteiger partial charge in [0.2, 0.25) is 0 Å². The number of hydrogen-bond donors (Lipinski definition) is 0. The van der Waals surface area contributed by atoms with Gasteiger partial charge in [-0.05, 0) is 0 Å². The van der Waals surface area contributed by atoms with Crippen molar-refractivity contribution >= 4 is 56.8 Å². The van der Waals surface area contributed by atoms with Crippen molar-refractivity contribution in [1.29, 1.82) is 0 Å². The van der Waals surface area contributed by atoms with Gasteiger partial charge in [0, 0.05) is 0 Å². The monoisotopic (exact) mass is 199 g/mol. The molecule has 0 aliphatic carbocycles. The summed E-state index contributed by atoms with van der Waals surface area (Å²) in [4.78, 5) is 0. The second-order valence-corrected chi connectivity index (χ2v) is 26.8. The maximum absolute atomic E-state index is 2.74. The number of rotatable bonds is 2.